The molecule has 0 fully saturated rings. The molecule has 0 spiro atoms. The number of nitrogens with zero attached hydrogens (tertiary/aromatic N) is 3. The average molecular weight is 395 g/mol. The minimum absolute atomic E-state index is 0.685. The van der Waals surface area contributed by atoms with Crippen molar-refractivity contribution in [2.45, 2.75) is 6.92 Å². The van der Waals surface area contributed by atoms with Crippen molar-refractivity contribution in [1.29, 1.82) is 0 Å². The van der Waals surface area contributed by atoms with E-state index in [1.807, 2.05) is 72.8 Å². The van der Waals surface area contributed by atoms with Crippen LogP contribution in [0.3, 0.4) is 0 Å². The lowest BCUT2D eigenvalue weighted by Gasteiger charge is -2.11. The second-order valence-electron chi connectivity index (χ2n) is 7.08. The third-order valence-electron chi connectivity index (χ3n) is 4.96. The summed E-state index contributed by atoms with van der Waals surface area (Å²) in [5, 5.41) is 6.81. The standard InChI is InChI=1S/C24H21N5O/c1-16-13-23(28-24-27-21-11-3-4-12-22(21)29(16)24)26-18-8-5-7-17(14-18)25-19-9-6-10-20(15-19)30-2/h3-15,25H,1-2H3,(H,26,27,28). The molecule has 3 aromatic carbocycles. The van der Waals surface area contributed by atoms with Crippen molar-refractivity contribution in [2.24, 2.45) is 0 Å². The number of aromatic nitrogens is 3. The fraction of sp³-hybridized carbons (Fsp3) is 0.0833. The topological polar surface area (TPSA) is 63.5 Å². The molecule has 0 aliphatic rings. The molecule has 0 saturated heterocycles. The Balaban J connectivity index is 1.43. The SMILES string of the molecule is COc1cccc(Nc2cccc(Nc3cc(C)n4c(n3)nc3ccccc34)c2)c1. The van der Waals surface area contributed by atoms with Gasteiger partial charge in [0.2, 0.25) is 5.78 Å². The number of hydrogen-bond donors (Lipinski definition) is 2. The quantitative estimate of drug-likeness (QED) is 0.400. The number of methoxy groups -OCH3 is 1. The average Bonchev–Trinajstić information content (AvgIpc) is 3.13. The van der Waals surface area contributed by atoms with Gasteiger partial charge in [-0.15, -0.1) is 0 Å². The number of rotatable bonds is 5. The highest BCUT2D eigenvalue weighted by atomic mass is 16.5. The molecule has 5 rings (SSSR count). The zero-order valence-electron chi connectivity index (χ0n) is 16.8. The molecule has 30 heavy (non-hydrogen) atoms. The predicted molar refractivity (Wildman–Crippen MR) is 121 cm³/mol. The van der Waals surface area contributed by atoms with E-state index in [0.29, 0.717) is 5.78 Å². The highest BCUT2D eigenvalue weighted by Gasteiger charge is 2.09. The van der Waals surface area contributed by atoms with E-state index >= 15 is 0 Å². The van der Waals surface area contributed by atoms with Crippen molar-refractivity contribution in [1.82, 2.24) is 14.4 Å². The predicted octanol–water partition coefficient (Wildman–Crippen LogP) is 5.69. The summed E-state index contributed by atoms with van der Waals surface area (Å²) >= 11 is 0. The smallest absolute Gasteiger partial charge is 0.237 e. The van der Waals surface area contributed by atoms with Gasteiger partial charge in [-0.05, 0) is 49.4 Å². The van der Waals surface area contributed by atoms with Crippen molar-refractivity contribution < 1.29 is 4.74 Å². The summed E-state index contributed by atoms with van der Waals surface area (Å²) in [6, 6.07) is 26.0. The molecule has 2 N–H and O–H groups in total. The first-order valence-corrected chi connectivity index (χ1v) is 9.73. The first kappa shape index (κ1) is 18.0. The van der Waals surface area contributed by atoms with E-state index in [-0.39, 0.29) is 0 Å². The lowest BCUT2D eigenvalue weighted by atomic mass is 10.2. The van der Waals surface area contributed by atoms with E-state index in [0.717, 1.165) is 45.4 Å². The van der Waals surface area contributed by atoms with Gasteiger partial charge in [-0.25, -0.2) is 4.98 Å². The van der Waals surface area contributed by atoms with Gasteiger partial charge in [0.15, 0.2) is 0 Å². The van der Waals surface area contributed by atoms with Crippen molar-refractivity contribution in [3.8, 4) is 5.75 Å². The van der Waals surface area contributed by atoms with E-state index < -0.39 is 0 Å². The van der Waals surface area contributed by atoms with Gasteiger partial charge >= 0.3 is 0 Å². The van der Waals surface area contributed by atoms with Gasteiger partial charge in [0.05, 0.1) is 18.1 Å². The van der Waals surface area contributed by atoms with Crippen LogP contribution in [0.25, 0.3) is 16.8 Å². The number of ether oxygens (including phenoxy) is 1. The summed E-state index contributed by atoms with van der Waals surface area (Å²) in [6.45, 7) is 2.06. The number of aryl methyl sites for hydroxylation is 1. The number of anilines is 4. The molecule has 0 radical (unpaired) electrons. The number of hydrogen-bond acceptors (Lipinski definition) is 5. The van der Waals surface area contributed by atoms with E-state index in [1.165, 1.54) is 0 Å². The number of nitrogens with one attached hydrogen (secondary N) is 2. The lowest BCUT2D eigenvalue weighted by molar-refractivity contribution is 0.415. The first-order chi connectivity index (χ1) is 14.7. The number of fused-ring (bicyclic) bond motifs is 3. The van der Waals surface area contributed by atoms with Crippen LogP contribution < -0.4 is 15.4 Å². The number of benzene rings is 3. The molecule has 0 amide bonds. The Bertz CT molecular complexity index is 1360. The van der Waals surface area contributed by atoms with Crippen molar-refractivity contribution in [2.75, 3.05) is 17.7 Å². The van der Waals surface area contributed by atoms with Crippen molar-refractivity contribution in [3.63, 3.8) is 0 Å². The van der Waals surface area contributed by atoms with Gasteiger partial charge in [0.25, 0.3) is 0 Å². The van der Waals surface area contributed by atoms with Gasteiger partial charge in [-0.1, -0.05) is 24.3 Å². The number of imidazole rings is 1. The highest BCUT2D eigenvalue weighted by molar-refractivity contribution is 5.80. The molecule has 0 bridgehead atoms. The Morgan fingerprint density at radius 2 is 1.50 bits per heavy atom. The fourth-order valence-electron chi connectivity index (χ4n) is 3.59. The Kier molecular flexibility index (Phi) is 4.44. The van der Waals surface area contributed by atoms with Gasteiger partial charge in [-0.3, -0.25) is 4.40 Å². The molecular weight excluding hydrogens is 374 g/mol. The van der Waals surface area contributed by atoms with Crippen LogP contribution in [0, 0.1) is 6.92 Å². The van der Waals surface area contributed by atoms with E-state index in [2.05, 4.69) is 33.0 Å². The van der Waals surface area contributed by atoms with Gasteiger partial charge in [-0.2, -0.15) is 4.98 Å². The monoisotopic (exact) mass is 395 g/mol. The molecule has 6 heteroatoms. The van der Waals surface area contributed by atoms with Crippen LogP contribution >= 0.6 is 0 Å². The largest absolute Gasteiger partial charge is 0.497 e. The molecule has 6 nitrogen and oxygen atoms in total. The van der Waals surface area contributed by atoms with Gasteiger partial charge < -0.3 is 15.4 Å². The van der Waals surface area contributed by atoms with Crippen LogP contribution in [-0.4, -0.2) is 21.5 Å². The Morgan fingerprint density at radius 3 is 2.33 bits per heavy atom. The molecule has 0 saturated carbocycles. The second kappa shape index (κ2) is 7.40. The van der Waals surface area contributed by atoms with E-state index in [1.54, 1.807) is 7.11 Å². The van der Waals surface area contributed by atoms with E-state index in [9.17, 15) is 0 Å². The zero-order chi connectivity index (χ0) is 20.5. The third kappa shape index (κ3) is 3.39. The summed E-state index contributed by atoms with van der Waals surface area (Å²) in [5.41, 5.74) is 5.95. The fourth-order valence-corrected chi connectivity index (χ4v) is 3.59. The zero-order valence-corrected chi connectivity index (χ0v) is 16.8. The molecule has 0 unspecified atom stereocenters. The van der Waals surface area contributed by atoms with E-state index in [4.69, 9.17) is 9.72 Å². The molecular formula is C24H21N5O. The van der Waals surface area contributed by atoms with Gasteiger partial charge in [0.1, 0.15) is 11.6 Å². The molecule has 0 aliphatic carbocycles. The maximum Gasteiger partial charge on any atom is 0.237 e. The maximum absolute atomic E-state index is 5.29. The first-order valence-electron chi connectivity index (χ1n) is 9.73. The minimum atomic E-state index is 0.685. The van der Waals surface area contributed by atoms with Crippen LogP contribution in [-0.2, 0) is 0 Å². The van der Waals surface area contributed by atoms with Crippen molar-refractivity contribution in [3.05, 3.63) is 84.6 Å². The maximum atomic E-state index is 5.29. The highest BCUT2D eigenvalue weighted by Crippen LogP contribution is 2.26. The molecule has 2 aromatic heterocycles. The third-order valence-corrected chi connectivity index (χ3v) is 4.96. The Labute approximate surface area is 174 Å². The molecule has 5 aromatic rings. The Morgan fingerprint density at radius 1 is 0.767 bits per heavy atom. The second-order valence-corrected chi connectivity index (χ2v) is 7.08. The van der Waals surface area contributed by atoms with Crippen LogP contribution in [0.15, 0.2) is 78.9 Å². The minimum Gasteiger partial charge on any atom is -0.497 e. The van der Waals surface area contributed by atoms with Crippen LogP contribution in [0.2, 0.25) is 0 Å². The van der Waals surface area contributed by atoms with Crippen LogP contribution in [0.5, 0.6) is 5.75 Å². The molecule has 0 aliphatic heterocycles. The lowest BCUT2D eigenvalue weighted by Crippen LogP contribution is -2.00. The van der Waals surface area contributed by atoms with Crippen LogP contribution in [0.4, 0.5) is 22.9 Å². The van der Waals surface area contributed by atoms with Crippen LogP contribution in [0.1, 0.15) is 5.69 Å². The number of para-hydroxylation sites is 2. The molecule has 148 valence electrons. The summed E-state index contributed by atoms with van der Waals surface area (Å²) in [4.78, 5) is 9.36. The van der Waals surface area contributed by atoms with Gasteiger partial charge in [0, 0.05) is 34.9 Å². The summed E-state index contributed by atoms with van der Waals surface area (Å²) < 4.78 is 7.37. The normalized spacial score (nSPS) is 11.0. The summed E-state index contributed by atoms with van der Waals surface area (Å²) in [6.07, 6.45) is 0. The summed E-state index contributed by atoms with van der Waals surface area (Å²) in [5.74, 6) is 2.26. The summed E-state index contributed by atoms with van der Waals surface area (Å²) in [7, 11) is 1.67. The molecule has 0 atom stereocenters. The Hall–Kier alpha value is -4.06. The van der Waals surface area contributed by atoms with Crippen molar-refractivity contribution >= 4 is 39.7 Å². The molecule has 2 heterocycles.